The zero-order chi connectivity index (χ0) is 25.1. The first kappa shape index (κ1) is 24.1. The van der Waals surface area contributed by atoms with Gasteiger partial charge in [-0.25, -0.2) is 0 Å². The number of aromatic nitrogens is 1. The predicted octanol–water partition coefficient (Wildman–Crippen LogP) is 5.76. The van der Waals surface area contributed by atoms with Gasteiger partial charge in [0, 0.05) is 59.5 Å². The number of rotatable bonds is 7. The van der Waals surface area contributed by atoms with E-state index in [1.807, 2.05) is 24.3 Å². The fraction of sp³-hybridized carbons (Fsp3) is 0.241. The van der Waals surface area contributed by atoms with Gasteiger partial charge in [-0.15, -0.1) is 0 Å². The Morgan fingerprint density at radius 2 is 1.83 bits per heavy atom. The normalized spacial score (nSPS) is 13.3. The quantitative estimate of drug-likeness (QED) is 0.349. The maximum absolute atomic E-state index is 13.8. The molecular weight excluding hydrogens is 474 g/mol. The van der Waals surface area contributed by atoms with Crippen LogP contribution in [-0.4, -0.2) is 43.1 Å². The first-order chi connectivity index (χ1) is 17.6. The van der Waals surface area contributed by atoms with Crippen LogP contribution in [0.15, 0.2) is 66.7 Å². The summed E-state index contributed by atoms with van der Waals surface area (Å²) in [6.07, 6.45) is 1.75. The number of methoxy groups -OCH3 is 2. The highest BCUT2D eigenvalue weighted by Gasteiger charge is 2.26. The van der Waals surface area contributed by atoms with Crippen LogP contribution in [0.4, 0.5) is 5.69 Å². The molecule has 0 fully saturated rings. The molecule has 0 spiro atoms. The zero-order valence-corrected chi connectivity index (χ0v) is 21.1. The second-order valence-electron chi connectivity index (χ2n) is 8.86. The van der Waals surface area contributed by atoms with Gasteiger partial charge in [-0.05, 0) is 42.3 Å². The number of hydrogen-bond donors (Lipinski definition) is 1. The van der Waals surface area contributed by atoms with Gasteiger partial charge in [-0.3, -0.25) is 14.7 Å². The van der Waals surface area contributed by atoms with Crippen LogP contribution in [0.5, 0.6) is 11.5 Å². The van der Waals surface area contributed by atoms with Gasteiger partial charge < -0.3 is 14.8 Å². The van der Waals surface area contributed by atoms with Crippen molar-refractivity contribution in [2.75, 3.05) is 32.6 Å². The smallest absolute Gasteiger partial charge is 0.256 e. The molecule has 4 aromatic rings. The molecule has 0 radical (unpaired) electrons. The van der Waals surface area contributed by atoms with Crippen molar-refractivity contribution in [2.45, 2.75) is 19.4 Å². The number of benzene rings is 3. The molecule has 2 heterocycles. The van der Waals surface area contributed by atoms with Crippen molar-refractivity contribution < 1.29 is 14.3 Å². The minimum Gasteiger partial charge on any atom is -0.493 e. The molecule has 1 amide bonds. The van der Waals surface area contributed by atoms with Crippen LogP contribution in [0.25, 0.3) is 10.9 Å². The van der Waals surface area contributed by atoms with E-state index in [4.69, 9.17) is 26.1 Å². The van der Waals surface area contributed by atoms with Gasteiger partial charge in [0.25, 0.3) is 5.91 Å². The standard InChI is InChI=1S/C29H28ClN3O3/c1-35-26-11-9-21(17-27(26)36-2)31-29(34)28-22-16-20(30)8-10-24(22)32-25-13-15-33(18-23(25)28)14-12-19-6-4-3-5-7-19/h3-11,16-17H,12-15,18H2,1-2H3,(H,31,34). The zero-order valence-electron chi connectivity index (χ0n) is 20.4. The molecule has 36 heavy (non-hydrogen) atoms. The SMILES string of the molecule is COc1ccc(NC(=O)c2c3c(nc4ccc(Cl)cc24)CCN(CCc2ccccc2)C3)cc1OC. The lowest BCUT2D eigenvalue weighted by molar-refractivity contribution is 0.102. The Morgan fingerprint density at radius 3 is 2.61 bits per heavy atom. The fourth-order valence-electron chi connectivity index (χ4n) is 4.76. The highest BCUT2D eigenvalue weighted by molar-refractivity contribution is 6.31. The van der Waals surface area contributed by atoms with Crippen molar-refractivity contribution in [3.05, 3.63) is 94.1 Å². The maximum atomic E-state index is 13.8. The van der Waals surface area contributed by atoms with E-state index < -0.39 is 0 Å². The first-order valence-electron chi connectivity index (χ1n) is 12.0. The number of ether oxygens (including phenoxy) is 2. The first-order valence-corrected chi connectivity index (χ1v) is 12.3. The molecule has 0 atom stereocenters. The summed E-state index contributed by atoms with van der Waals surface area (Å²) < 4.78 is 10.7. The van der Waals surface area contributed by atoms with Gasteiger partial charge >= 0.3 is 0 Å². The van der Waals surface area contributed by atoms with E-state index >= 15 is 0 Å². The van der Waals surface area contributed by atoms with Crippen molar-refractivity contribution >= 4 is 34.1 Å². The Labute approximate surface area is 215 Å². The van der Waals surface area contributed by atoms with Gasteiger partial charge in [0.1, 0.15) is 0 Å². The van der Waals surface area contributed by atoms with Crippen molar-refractivity contribution in [1.82, 2.24) is 9.88 Å². The lowest BCUT2D eigenvalue weighted by Crippen LogP contribution is -2.34. The van der Waals surface area contributed by atoms with E-state index in [-0.39, 0.29) is 5.91 Å². The molecule has 1 aliphatic heterocycles. The number of pyridine rings is 1. The van der Waals surface area contributed by atoms with Crippen LogP contribution in [0, 0.1) is 0 Å². The number of nitrogens with zero attached hydrogens (tertiary/aromatic N) is 2. The Balaban J connectivity index is 1.49. The Kier molecular flexibility index (Phi) is 7.07. The van der Waals surface area contributed by atoms with Crippen LogP contribution in [-0.2, 0) is 19.4 Å². The highest BCUT2D eigenvalue weighted by Crippen LogP contribution is 2.33. The number of carbonyl (C=O) groups is 1. The van der Waals surface area contributed by atoms with Crippen molar-refractivity contribution in [3.8, 4) is 11.5 Å². The molecule has 1 aliphatic rings. The van der Waals surface area contributed by atoms with Crippen molar-refractivity contribution in [3.63, 3.8) is 0 Å². The number of hydrogen-bond acceptors (Lipinski definition) is 5. The molecule has 3 aromatic carbocycles. The predicted molar refractivity (Wildman–Crippen MR) is 143 cm³/mol. The minimum atomic E-state index is -0.196. The van der Waals surface area contributed by atoms with E-state index in [2.05, 4.69) is 34.5 Å². The largest absolute Gasteiger partial charge is 0.493 e. The summed E-state index contributed by atoms with van der Waals surface area (Å²) in [6, 6.07) is 21.3. The number of amides is 1. The summed E-state index contributed by atoms with van der Waals surface area (Å²) in [7, 11) is 3.15. The summed E-state index contributed by atoms with van der Waals surface area (Å²) in [5, 5.41) is 4.38. The summed E-state index contributed by atoms with van der Waals surface area (Å²) in [4.78, 5) is 21.1. The maximum Gasteiger partial charge on any atom is 0.256 e. The number of fused-ring (bicyclic) bond motifs is 2. The number of carbonyl (C=O) groups excluding carboxylic acids is 1. The summed E-state index contributed by atoms with van der Waals surface area (Å²) in [6.45, 7) is 2.47. The van der Waals surface area contributed by atoms with Crippen molar-refractivity contribution in [2.24, 2.45) is 0 Å². The summed E-state index contributed by atoms with van der Waals surface area (Å²) in [5.74, 6) is 0.952. The van der Waals surface area contributed by atoms with E-state index in [9.17, 15) is 4.79 Å². The lowest BCUT2D eigenvalue weighted by Gasteiger charge is -2.30. The minimum absolute atomic E-state index is 0.196. The topological polar surface area (TPSA) is 63.7 Å². The molecule has 0 saturated heterocycles. The van der Waals surface area contributed by atoms with Gasteiger partial charge in [0.05, 0.1) is 25.3 Å². The average molecular weight is 502 g/mol. The number of nitrogens with one attached hydrogen (secondary N) is 1. The molecule has 1 aromatic heterocycles. The van der Waals surface area contributed by atoms with Crippen LogP contribution in [0.3, 0.4) is 0 Å². The summed E-state index contributed by atoms with van der Waals surface area (Å²) in [5.41, 5.74) is 5.25. The summed E-state index contributed by atoms with van der Waals surface area (Å²) >= 11 is 6.36. The van der Waals surface area contributed by atoms with Gasteiger partial charge in [0.2, 0.25) is 0 Å². The third-order valence-electron chi connectivity index (χ3n) is 6.61. The Morgan fingerprint density at radius 1 is 1.03 bits per heavy atom. The van der Waals surface area contributed by atoms with E-state index in [1.165, 1.54) is 5.56 Å². The van der Waals surface area contributed by atoms with Crippen LogP contribution in [0.2, 0.25) is 5.02 Å². The number of halogens is 1. The van der Waals surface area contributed by atoms with Crippen LogP contribution >= 0.6 is 11.6 Å². The molecule has 184 valence electrons. The number of anilines is 1. The molecule has 0 saturated carbocycles. The van der Waals surface area contributed by atoms with Crippen LogP contribution < -0.4 is 14.8 Å². The molecular formula is C29H28ClN3O3. The Hall–Kier alpha value is -3.61. The van der Waals surface area contributed by atoms with Crippen molar-refractivity contribution in [1.29, 1.82) is 0 Å². The second kappa shape index (κ2) is 10.6. The fourth-order valence-corrected chi connectivity index (χ4v) is 4.93. The van der Waals surface area contributed by atoms with Crippen LogP contribution in [0.1, 0.15) is 27.2 Å². The molecule has 7 heteroatoms. The molecule has 5 rings (SSSR count). The molecule has 6 nitrogen and oxygen atoms in total. The second-order valence-corrected chi connectivity index (χ2v) is 9.30. The average Bonchev–Trinajstić information content (AvgIpc) is 2.91. The van der Waals surface area contributed by atoms with E-state index in [0.717, 1.165) is 48.1 Å². The third-order valence-corrected chi connectivity index (χ3v) is 6.84. The molecule has 0 bridgehead atoms. The molecule has 0 aliphatic carbocycles. The highest BCUT2D eigenvalue weighted by atomic mass is 35.5. The van der Waals surface area contributed by atoms with Gasteiger partial charge in [-0.1, -0.05) is 41.9 Å². The van der Waals surface area contributed by atoms with Gasteiger partial charge in [-0.2, -0.15) is 0 Å². The van der Waals surface area contributed by atoms with E-state index in [0.29, 0.717) is 34.3 Å². The third kappa shape index (κ3) is 5.01. The molecule has 0 unspecified atom stereocenters. The lowest BCUT2D eigenvalue weighted by atomic mass is 9.94. The van der Waals surface area contributed by atoms with E-state index in [1.54, 1.807) is 32.4 Å². The Bertz CT molecular complexity index is 1410. The monoisotopic (exact) mass is 501 g/mol. The van der Waals surface area contributed by atoms with Gasteiger partial charge in [0.15, 0.2) is 11.5 Å². The molecule has 1 N–H and O–H groups in total.